The molecule has 114 valence electrons. The van der Waals surface area contributed by atoms with Crippen LogP contribution >= 0.6 is 0 Å². The lowest BCUT2D eigenvalue weighted by molar-refractivity contribution is 0.138. The van der Waals surface area contributed by atoms with Crippen LogP contribution in [-0.2, 0) is 13.1 Å². The highest BCUT2D eigenvalue weighted by atomic mass is 19.3. The van der Waals surface area contributed by atoms with E-state index in [0.29, 0.717) is 17.7 Å². The molecule has 0 aliphatic carbocycles. The molecule has 0 amide bonds. The molecule has 1 heterocycles. The van der Waals surface area contributed by atoms with Gasteiger partial charge in [0, 0.05) is 18.2 Å². The van der Waals surface area contributed by atoms with Crippen molar-refractivity contribution in [2.24, 2.45) is 0 Å². The van der Waals surface area contributed by atoms with E-state index in [1.807, 2.05) is 13.8 Å². The molecule has 0 fully saturated rings. The molecule has 3 nitrogen and oxygen atoms in total. The second-order valence-corrected chi connectivity index (χ2v) is 5.18. The third-order valence-electron chi connectivity index (χ3n) is 3.09. The van der Waals surface area contributed by atoms with Gasteiger partial charge in [0.15, 0.2) is 0 Å². The number of alkyl halides is 2. The van der Waals surface area contributed by atoms with Gasteiger partial charge in [0.25, 0.3) is 6.43 Å². The Morgan fingerprint density at radius 1 is 1.29 bits per heavy atom. The number of aromatic nitrogens is 2. The van der Waals surface area contributed by atoms with Gasteiger partial charge in [0.05, 0.1) is 12.7 Å². The minimum Gasteiger partial charge on any atom is -0.310 e. The largest absolute Gasteiger partial charge is 0.310 e. The third kappa shape index (κ3) is 4.07. The maximum atomic E-state index is 13.3. The van der Waals surface area contributed by atoms with Gasteiger partial charge in [0.1, 0.15) is 11.5 Å². The first-order valence-electron chi connectivity index (χ1n) is 6.78. The molecule has 0 spiro atoms. The van der Waals surface area contributed by atoms with E-state index in [9.17, 15) is 13.2 Å². The summed E-state index contributed by atoms with van der Waals surface area (Å²) in [4.78, 5) is 0. The molecular formula is C15H18F3N3. The number of nitrogens with zero attached hydrogens (tertiary/aromatic N) is 2. The zero-order chi connectivity index (χ0) is 15.4. The van der Waals surface area contributed by atoms with Crippen molar-refractivity contribution < 1.29 is 13.2 Å². The van der Waals surface area contributed by atoms with Crippen molar-refractivity contribution in [2.45, 2.75) is 39.4 Å². The number of hydrogen-bond acceptors (Lipinski definition) is 2. The Hall–Kier alpha value is -1.82. The number of benzene rings is 1. The van der Waals surface area contributed by atoms with E-state index in [0.717, 1.165) is 0 Å². The summed E-state index contributed by atoms with van der Waals surface area (Å²) in [6, 6.07) is 6.08. The molecule has 2 aromatic rings. The fourth-order valence-corrected chi connectivity index (χ4v) is 2.07. The molecular weight excluding hydrogens is 279 g/mol. The zero-order valence-corrected chi connectivity index (χ0v) is 12.0. The molecule has 0 atom stereocenters. The van der Waals surface area contributed by atoms with Crippen molar-refractivity contribution in [1.82, 2.24) is 15.1 Å². The van der Waals surface area contributed by atoms with Crippen molar-refractivity contribution in [3.63, 3.8) is 0 Å². The second-order valence-electron chi connectivity index (χ2n) is 5.18. The highest BCUT2D eigenvalue weighted by Crippen LogP contribution is 2.24. The average molecular weight is 297 g/mol. The summed E-state index contributed by atoms with van der Waals surface area (Å²) in [5.41, 5.74) is 0.950. The summed E-state index contributed by atoms with van der Waals surface area (Å²) in [6.45, 7) is 4.35. The summed E-state index contributed by atoms with van der Waals surface area (Å²) in [5, 5.41) is 7.11. The molecule has 0 saturated heterocycles. The van der Waals surface area contributed by atoms with Crippen molar-refractivity contribution in [3.8, 4) is 0 Å². The van der Waals surface area contributed by atoms with Crippen LogP contribution in [0.25, 0.3) is 0 Å². The number of rotatable bonds is 6. The van der Waals surface area contributed by atoms with Crippen LogP contribution in [0.4, 0.5) is 13.2 Å². The van der Waals surface area contributed by atoms with Gasteiger partial charge in [-0.2, -0.15) is 5.10 Å². The Kier molecular flexibility index (Phi) is 5.01. The number of nitrogens with one attached hydrogen (secondary N) is 1. The molecule has 1 N–H and O–H groups in total. The molecule has 0 radical (unpaired) electrons. The van der Waals surface area contributed by atoms with E-state index >= 15 is 0 Å². The molecule has 1 aromatic carbocycles. The SMILES string of the molecule is CC(C)NCc1cnn(Cc2cccc(F)c2)c1C(F)F. The van der Waals surface area contributed by atoms with Crippen LogP contribution < -0.4 is 5.32 Å². The van der Waals surface area contributed by atoms with Crippen LogP contribution in [0.5, 0.6) is 0 Å². The fraction of sp³-hybridized carbons (Fsp3) is 0.400. The molecule has 0 saturated carbocycles. The minimum absolute atomic E-state index is 0.118. The Bertz CT molecular complexity index is 594. The van der Waals surface area contributed by atoms with Crippen LogP contribution in [0.1, 0.15) is 37.1 Å². The van der Waals surface area contributed by atoms with E-state index in [1.54, 1.807) is 12.1 Å². The Morgan fingerprint density at radius 2 is 2.05 bits per heavy atom. The lowest BCUT2D eigenvalue weighted by atomic mass is 10.2. The summed E-state index contributed by atoms with van der Waals surface area (Å²) < 4.78 is 40.9. The summed E-state index contributed by atoms with van der Waals surface area (Å²) in [5.74, 6) is -0.389. The van der Waals surface area contributed by atoms with Gasteiger partial charge in [-0.05, 0) is 17.7 Å². The summed E-state index contributed by atoms with van der Waals surface area (Å²) in [6.07, 6.45) is -1.18. The van der Waals surface area contributed by atoms with Crippen molar-refractivity contribution in [3.05, 3.63) is 53.1 Å². The first kappa shape index (κ1) is 15.6. The van der Waals surface area contributed by atoms with Crippen LogP contribution in [0.3, 0.4) is 0 Å². The lowest BCUT2D eigenvalue weighted by Crippen LogP contribution is -2.22. The van der Waals surface area contributed by atoms with Crippen molar-refractivity contribution >= 4 is 0 Å². The average Bonchev–Trinajstić information content (AvgIpc) is 2.79. The van der Waals surface area contributed by atoms with E-state index in [-0.39, 0.29) is 24.1 Å². The summed E-state index contributed by atoms with van der Waals surface area (Å²) >= 11 is 0. The molecule has 0 aliphatic heterocycles. The van der Waals surface area contributed by atoms with E-state index in [1.165, 1.54) is 23.0 Å². The summed E-state index contributed by atoms with van der Waals surface area (Å²) in [7, 11) is 0. The molecule has 21 heavy (non-hydrogen) atoms. The van der Waals surface area contributed by atoms with Gasteiger partial charge < -0.3 is 5.32 Å². The standard InChI is InChI=1S/C15H18F3N3/c1-10(2)19-7-12-8-20-21(14(12)15(17)18)9-11-4-3-5-13(16)6-11/h3-6,8,10,15,19H,7,9H2,1-2H3. The molecule has 2 rings (SSSR count). The monoisotopic (exact) mass is 297 g/mol. The maximum absolute atomic E-state index is 13.3. The van der Waals surface area contributed by atoms with Crippen LogP contribution in [-0.4, -0.2) is 15.8 Å². The van der Waals surface area contributed by atoms with Gasteiger partial charge in [-0.1, -0.05) is 26.0 Å². The minimum atomic E-state index is -2.62. The first-order chi connectivity index (χ1) is 9.97. The smallest absolute Gasteiger partial charge is 0.280 e. The van der Waals surface area contributed by atoms with Crippen LogP contribution in [0.15, 0.2) is 30.5 Å². The third-order valence-corrected chi connectivity index (χ3v) is 3.09. The molecule has 0 bridgehead atoms. The predicted molar refractivity (Wildman–Crippen MR) is 74.7 cm³/mol. The topological polar surface area (TPSA) is 29.9 Å². The molecule has 0 aliphatic rings. The second kappa shape index (κ2) is 6.76. The zero-order valence-electron chi connectivity index (χ0n) is 12.0. The first-order valence-corrected chi connectivity index (χ1v) is 6.78. The highest BCUT2D eigenvalue weighted by Gasteiger charge is 2.20. The molecule has 1 aromatic heterocycles. The van der Waals surface area contributed by atoms with Gasteiger partial charge in [-0.15, -0.1) is 0 Å². The Balaban J connectivity index is 2.23. The van der Waals surface area contributed by atoms with Gasteiger partial charge in [-0.3, -0.25) is 4.68 Å². The number of halogens is 3. The predicted octanol–water partition coefficient (Wildman–Crippen LogP) is 3.51. The van der Waals surface area contributed by atoms with E-state index in [4.69, 9.17) is 0 Å². The van der Waals surface area contributed by atoms with Crippen LogP contribution in [0, 0.1) is 5.82 Å². The van der Waals surface area contributed by atoms with Crippen LogP contribution in [0.2, 0.25) is 0 Å². The quantitative estimate of drug-likeness (QED) is 0.884. The normalized spacial score (nSPS) is 11.6. The Morgan fingerprint density at radius 3 is 2.67 bits per heavy atom. The van der Waals surface area contributed by atoms with Gasteiger partial charge in [-0.25, -0.2) is 13.2 Å². The highest BCUT2D eigenvalue weighted by molar-refractivity contribution is 5.22. The Labute approximate surface area is 121 Å². The van der Waals surface area contributed by atoms with Gasteiger partial charge >= 0.3 is 0 Å². The molecule has 0 unspecified atom stereocenters. The fourth-order valence-electron chi connectivity index (χ4n) is 2.07. The van der Waals surface area contributed by atoms with Crippen molar-refractivity contribution in [2.75, 3.05) is 0 Å². The molecule has 6 heteroatoms. The van der Waals surface area contributed by atoms with Crippen molar-refractivity contribution in [1.29, 1.82) is 0 Å². The van der Waals surface area contributed by atoms with Gasteiger partial charge in [0.2, 0.25) is 0 Å². The lowest BCUT2D eigenvalue weighted by Gasteiger charge is -2.11. The van der Waals surface area contributed by atoms with E-state index < -0.39 is 6.43 Å². The number of hydrogen-bond donors (Lipinski definition) is 1. The maximum Gasteiger partial charge on any atom is 0.280 e. The van der Waals surface area contributed by atoms with E-state index in [2.05, 4.69) is 10.4 Å².